The summed E-state index contributed by atoms with van der Waals surface area (Å²) in [6, 6.07) is 9.76. The molecule has 0 spiro atoms. The van der Waals surface area contributed by atoms with Gasteiger partial charge in [0.2, 0.25) is 5.88 Å². The molecule has 2 aromatic rings. The van der Waals surface area contributed by atoms with E-state index in [0.29, 0.717) is 17.5 Å². The van der Waals surface area contributed by atoms with Gasteiger partial charge in [-0.25, -0.2) is 0 Å². The Morgan fingerprint density at radius 1 is 1.08 bits per heavy atom. The van der Waals surface area contributed by atoms with Gasteiger partial charge in [0.15, 0.2) is 0 Å². The monoisotopic (exact) mass is 327 g/mol. The molecular formula is C19H25N3O2. The van der Waals surface area contributed by atoms with Crippen LogP contribution in [0, 0.1) is 0 Å². The number of methoxy groups -OCH3 is 1. The highest BCUT2D eigenvalue weighted by Crippen LogP contribution is 2.29. The summed E-state index contributed by atoms with van der Waals surface area (Å²) in [5.41, 5.74) is 2.15. The smallest absolute Gasteiger partial charge is 0.238 e. The molecule has 1 aliphatic rings. The third-order valence-corrected chi connectivity index (χ3v) is 4.33. The van der Waals surface area contributed by atoms with Crippen LogP contribution in [-0.2, 0) is 6.54 Å². The summed E-state index contributed by atoms with van der Waals surface area (Å²) < 4.78 is 11.4. The van der Waals surface area contributed by atoms with Crippen molar-refractivity contribution < 1.29 is 9.47 Å². The molecule has 3 rings (SSSR count). The maximum Gasteiger partial charge on any atom is 0.238 e. The summed E-state index contributed by atoms with van der Waals surface area (Å²) in [6.45, 7) is 7.44. The van der Waals surface area contributed by atoms with Gasteiger partial charge in [-0.05, 0) is 44.0 Å². The lowest BCUT2D eigenvalue weighted by Crippen LogP contribution is -2.18. The van der Waals surface area contributed by atoms with Crippen LogP contribution >= 0.6 is 0 Å². The molecule has 0 radical (unpaired) electrons. The molecule has 0 saturated carbocycles. The first-order chi connectivity index (χ1) is 11.7. The second-order valence-electron chi connectivity index (χ2n) is 6.51. The first kappa shape index (κ1) is 16.7. The molecule has 24 heavy (non-hydrogen) atoms. The van der Waals surface area contributed by atoms with Crippen LogP contribution in [-0.4, -0.2) is 35.3 Å². The van der Waals surface area contributed by atoms with E-state index in [1.165, 1.54) is 31.5 Å². The molecule has 0 unspecified atom stereocenters. The standard InChI is InChI=1S/C19H25N3O2/c1-14(2)17-8-9-19(21-20-17)24-16-7-6-15(18(12-16)23-3)13-22-10-4-5-11-22/h6-9,12,14H,4-5,10-11,13H2,1-3H3. The topological polar surface area (TPSA) is 47.5 Å². The highest BCUT2D eigenvalue weighted by molar-refractivity contribution is 5.42. The summed E-state index contributed by atoms with van der Waals surface area (Å²) in [5.74, 6) is 2.42. The molecule has 1 aliphatic heterocycles. The van der Waals surface area contributed by atoms with Crippen LogP contribution in [0.3, 0.4) is 0 Å². The fourth-order valence-corrected chi connectivity index (χ4v) is 2.91. The molecule has 1 saturated heterocycles. The van der Waals surface area contributed by atoms with Gasteiger partial charge in [0.25, 0.3) is 0 Å². The molecule has 2 heterocycles. The third kappa shape index (κ3) is 4.03. The molecule has 0 amide bonds. The van der Waals surface area contributed by atoms with E-state index in [4.69, 9.17) is 9.47 Å². The molecule has 0 bridgehead atoms. The number of hydrogen-bond acceptors (Lipinski definition) is 5. The Morgan fingerprint density at radius 2 is 1.88 bits per heavy atom. The van der Waals surface area contributed by atoms with Crippen molar-refractivity contribution in [3.8, 4) is 17.4 Å². The molecular weight excluding hydrogens is 302 g/mol. The second kappa shape index (κ2) is 7.62. The lowest BCUT2D eigenvalue weighted by Gasteiger charge is -2.17. The zero-order valence-corrected chi connectivity index (χ0v) is 14.7. The lowest BCUT2D eigenvalue weighted by atomic mass is 10.1. The van der Waals surface area contributed by atoms with Crippen LogP contribution in [0.1, 0.15) is 43.9 Å². The largest absolute Gasteiger partial charge is 0.496 e. The van der Waals surface area contributed by atoms with E-state index in [1.54, 1.807) is 7.11 Å². The van der Waals surface area contributed by atoms with Gasteiger partial charge in [-0.3, -0.25) is 4.90 Å². The van der Waals surface area contributed by atoms with E-state index in [-0.39, 0.29) is 0 Å². The van der Waals surface area contributed by atoms with Crippen LogP contribution < -0.4 is 9.47 Å². The van der Waals surface area contributed by atoms with Gasteiger partial charge in [0.1, 0.15) is 11.5 Å². The summed E-state index contributed by atoms with van der Waals surface area (Å²) in [6.07, 6.45) is 2.57. The maximum absolute atomic E-state index is 5.81. The highest BCUT2D eigenvalue weighted by Gasteiger charge is 2.15. The van der Waals surface area contributed by atoms with Crippen molar-refractivity contribution in [1.29, 1.82) is 0 Å². The van der Waals surface area contributed by atoms with Gasteiger partial charge < -0.3 is 9.47 Å². The van der Waals surface area contributed by atoms with Gasteiger partial charge in [0, 0.05) is 24.2 Å². The minimum Gasteiger partial charge on any atom is -0.496 e. The Balaban J connectivity index is 1.71. The Kier molecular flexibility index (Phi) is 5.30. The van der Waals surface area contributed by atoms with Gasteiger partial charge in [0.05, 0.1) is 12.8 Å². The summed E-state index contributed by atoms with van der Waals surface area (Å²) in [7, 11) is 1.70. The number of ether oxygens (including phenoxy) is 2. The predicted octanol–water partition coefficient (Wildman–Crippen LogP) is 4.00. The van der Waals surface area contributed by atoms with Crippen molar-refractivity contribution >= 4 is 0 Å². The highest BCUT2D eigenvalue weighted by atomic mass is 16.5. The molecule has 128 valence electrons. The van der Waals surface area contributed by atoms with Crippen LogP contribution in [0.25, 0.3) is 0 Å². The molecule has 1 fully saturated rings. The van der Waals surface area contributed by atoms with Gasteiger partial charge in [-0.2, -0.15) is 5.10 Å². The third-order valence-electron chi connectivity index (χ3n) is 4.33. The Bertz CT molecular complexity index is 665. The van der Waals surface area contributed by atoms with E-state index in [9.17, 15) is 0 Å². The van der Waals surface area contributed by atoms with E-state index in [1.807, 2.05) is 24.3 Å². The zero-order chi connectivity index (χ0) is 16.9. The first-order valence-corrected chi connectivity index (χ1v) is 8.56. The normalized spacial score (nSPS) is 15.0. The molecule has 1 aromatic carbocycles. The molecule has 1 aromatic heterocycles. The van der Waals surface area contributed by atoms with Crippen LogP contribution in [0.4, 0.5) is 0 Å². The minimum atomic E-state index is 0.358. The Hall–Kier alpha value is -2.14. The zero-order valence-electron chi connectivity index (χ0n) is 14.7. The number of nitrogens with zero attached hydrogens (tertiary/aromatic N) is 3. The van der Waals surface area contributed by atoms with Crippen LogP contribution in [0.15, 0.2) is 30.3 Å². The molecule has 0 aliphatic carbocycles. The van der Waals surface area contributed by atoms with E-state index in [0.717, 1.165) is 18.0 Å². The number of aromatic nitrogens is 2. The Morgan fingerprint density at radius 3 is 2.50 bits per heavy atom. The van der Waals surface area contributed by atoms with Crippen molar-refractivity contribution in [2.45, 2.75) is 39.2 Å². The molecule has 5 nitrogen and oxygen atoms in total. The van der Waals surface area contributed by atoms with E-state index < -0.39 is 0 Å². The Labute approximate surface area is 143 Å². The molecule has 0 atom stereocenters. The van der Waals surface area contributed by atoms with Crippen molar-refractivity contribution in [3.63, 3.8) is 0 Å². The van der Waals surface area contributed by atoms with Crippen molar-refractivity contribution in [2.75, 3.05) is 20.2 Å². The number of rotatable bonds is 6. The van der Waals surface area contributed by atoms with Crippen LogP contribution in [0.5, 0.6) is 17.4 Å². The summed E-state index contributed by atoms with van der Waals surface area (Å²) in [4.78, 5) is 2.45. The fraction of sp³-hybridized carbons (Fsp3) is 0.474. The number of likely N-dealkylation sites (tertiary alicyclic amines) is 1. The van der Waals surface area contributed by atoms with Gasteiger partial charge in [-0.1, -0.05) is 19.9 Å². The fourth-order valence-electron chi connectivity index (χ4n) is 2.91. The summed E-state index contributed by atoms with van der Waals surface area (Å²) in [5, 5.41) is 8.33. The predicted molar refractivity (Wildman–Crippen MR) is 93.7 cm³/mol. The quantitative estimate of drug-likeness (QED) is 0.802. The summed E-state index contributed by atoms with van der Waals surface area (Å²) >= 11 is 0. The second-order valence-corrected chi connectivity index (χ2v) is 6.51. The van der Waals surface area contributed by atoms with E-state index >= 15 is 0 Å². The SMILES string of the molecule is COc1cc(Oc2ccc(C(C)C)nn2)ccc1CN1CCCC1. The van der Waals surface area contributed by atoms with Crippen LogP contribution in [0.2, 0.25) is 0 Å². The first-order valence-electron chi connectivity index (χ1n) is 8.56. The molecule has 0 N–H and O–H groups in total. The maximum atomic E-state index is 5.81. The lowest BCUT2D eigenvalue weighted by molar-refractivity contribution is 0.320. The van der Waals surface area contributed by atoms with Gasteiger partial charge in [-0.15, -0.1) is 5.10 Å². The average Bonchev–Trinajstić information content (AvgIpc) is 3.10. The van der Waals surface area contributed by atoms with Crippen molar-refractivity contribution in [3.05, 3.63) is 41.6 Å². The average molecular weight is 327 g/mol. The van der Waals surface area contributed by atoms with Crippen molar-refractivity contribution in [2.24, 2.45) is 0 Å². The molecule has 5 heteroatoms. The minimum absolute atomic E-state index is 0.358. The van der Waals surface area contributed by atoms with E-state index in [2.05, 4.69) is 35.0 Å². The number of hydrogen-bond donors (Lipinski definition) is 0. The van der Waals surface area contributed by atoms with Crippen molar-refractivity contribution in [1.82, 2.24) is 15.1 Å². The number of benzene rings is 1. The van der Waals surface area contributed by atoms with Gasteiger partial charge >= 0.3 is 0 Å².